The molecule has 1 saturated carbocycles. The van der Waals surface area contributed by atoms with Crippen molar-refractivity contribution in [2.75, 3.05) is 20.6 Å². The van der Waals surface area contributed by atoms with Gasteiger partial charge in [0.2, 0.25) is 0 Å². The maximum atomic E-state index is 6.57. The van der Waals surface area contributed by atoms with Crippen LogP contribution >= 0.6 is 0 Å². The zero-order valence-electron chi connectivity index (χ0n) is 13.5. The molecule has 0 radical (unpaired) electrons. The molecule has 2 aliphatic carbocycles. The van der Waals surface area contributed by atoms with E-state index in [1.807, 2.05) is 0 Å². The minimum absolute atomic E-state index is 0.367. The number of rotatable bonds is 0. The first kappa shape index (κ1) is 12.5. The molecule has 0 aromatic heterocycles. The number of hydrogen-bond acceptors (Lipinski definition) is 1. The molecule has 1 spiro atoms. The summed E-state index contributed by atoms with van der Waals surface area (Å²) in [5.41, 5.74) is 4.97. The highest BCUT2D eigenvalue weighted by atomic mass is 16.5. The molecule has 2 bridgehead atoms. The first-order valence-corrected chi connectivity index (χ1v) is 8.66. The molecule has 5 rings (SSSR count). The molecule has 0 amide bonds. The SMILES string of the molecule is Cc1ccc2c3c1OC1CCCC4C(C2)[N+](C)(C)CC[C@]314. The number of aryl methyl sites for hydroxylation is 1. The second kappa shape index (κ2) is 3.65. The van der Waals surface area contributed by atoms with E-state index in [-0.39, 0.29) is 0 Å². The molecule has 112 valence electrons. The summed E-state index contributed by atoms with van der Waals surface area (Å²) in [5, 5.41) is 0. The fraction of sp³-hybridized carbons (Fsp3) is 0.684. The molecule has 1 aromatic carbocycles. The second-order valence-corrected chi connectivity index (χ2v) is 8.45. The van der Waals surface area contributed by atoms with Crippen LogP contribution in [0, 0.1) is 12.8 Å². The van der Waals surface area contributed by atoms with Gasteiger partial charge in [-0.05, 0) is 37.3 Å². The summed E-state index contributed by atoms with van der Waals surface area (Å²) < 4.78 is 7.78. The number of piperidine rings is 1. The molecular formula is C19H26NO+. The highest BCUT2D eigenvalue weighted by molar-refractivity contribution is 5.57. The smallest absolute Gasteiger partial charge is 0.126 e. The van der Waals surface area contributed by atoms with E-state index in [2.05, 4.69) is 33.2 Å². The number of likely N-dealkylation sites (N-methyl/N-ethyl adjacent to an activating group) is 1. The fourth-order valence-corrected chi connectivity index (χ4v) is 6.24. The normalized spacial score (nSPS) is 41.4. The quantitative estimate of drug-likeness (QED) is 0.665. The molecule has 4 aliphatic rings. The zero-order chi connectivity index (χ0) is 14.4. The average Bonchev–Trinajstić information content (AvgIpc) is 2.80. The Morgan fingerprint density at radius 2 is 2.10 bits per heavy atom. The Kier molecular flexibility index (Phi) is 2.18. The summed E-state index contributed by atoms with van der Waals surface area (Å²) in [6, 6.07) is 5.49. The van der Waals surface area contributed by atoms with Crippen LogP contribution in [0.3, 0.4) is 0 Å². The summed E-state index contributed by atoms with van der Waals surface area (Å²) in [7, 11) is 4.91. The summed E-state index contributed by atoms with van der Waals surface area (Å²) in [4.78, 5) is 0. The summed E-state index contributed by atoms with van der Waals surface area (Å²) >= 11 is 0. The molecule has 1 saturated heterocycles. The molecule has 21 heavy (non-hydrogen) atoms. The van der Waals surface area contributed by atoms with E-state index in [1.54, 1.807) is 11.1 Å². The molecule has 2 nitrogen and oxygen atoms in total. The van der Waals surface area contributed by atoms with Crippen LogP contribution in [0.25, 0.3) is 0 Å². The van der Waals surface area contributed by atoms with E-state index in [1.165, 1.54) is 54.4 Å². The van der Waals surface area contributed by atoms with Crippen molar-refractivity contribution < 1.29 is 9.22 Å². The van der Waals surface area contributed by atoms with Gasteiger partial charge in [-0.3, -0.25) is 0 Å². The minimum Gasteiger partial charge on any atom is -0.489 e. The molecule has 2 aliphatic heterocycles. The molecule has 3 unspecified atom stereocenters. The van der Waals surface area contributed by atoms with Crippen molar-refractivity contribution in [3.63, 3.8) is 0 Å². The van der Waals surface area contributed by atoms with Crippen molar-refractivity contribution >= 4 is 0 Å². The van der Waals surface area contributed by atoms with Crippen molar-refractivity contribution in [3.8, 4) is 5.75 Å². The van der Waals surface area contributed by atoms with Gasteiger partial charge in [0.05, 0.1) is 26.7 Å². The van der Waals surface area contributed by atoms with Gasteiger partial charge >= 0.3 is 0 Å². The van der Waals surface area contributed by atoms with Gasteiger partial charge in [0, 0.05) is 29.7 Å². The topological polar surface area (TPSA) is 9.23 Å². The van der Waals surface area contributed by atoms with Crippen molar-refractivity contribution in [1.29, 1.82) is 0 Å². The summed E-state index contributed by atoms with van der Waals surface area (Å²) in [5.74, 6) is 2.12. The van der Waals surface area contributed by atoms with Crippen LogP contribution in [-0.2, 0) is 11.8 Å². The maximum absolute atomic E-state index is 6.57. The number of likely N-dealkylation sites (tertiary alicyclic amines) is 1. The first-order valence-electron chi connectivity index (χ1n) is 8.66. The van der Waals surface area contributed by atoms with Gasteiger partial charge in [-0.25, -0.2) is 0 Å². The number of hydrogen-bond donors (Lipinski definition) is 0. The molecule has 2 heteroatoms. The van der Waals surface area contributed by atoms with Crippen LogP contribution < -0.4 is 4.74 Å². The van der Waals surface area contributed by atoms with E-state index >= 15 is 0 Å². The number of quaternary nitrogens is 1. The van der Waals surface area contributed by atoms with Gasteiger partial charge in [-0.2, -0.15) is 0 Å². The predicted molar refractivity (Wildman–Crippen MR) is 83.7 cm³/mol. The van der Waals surface area contributed by atoms with Gasteiger partial charge in [0.25, 0.3) is 0 Å². The third kappa shape index (κ3) is 1.30. The van der Waals surface area contributed by atoms with Crippen LogP contribution in [0.2, 0.25) is 0 Å². The number of ether oxygens (including phenoxy) is 1. The van der Waals surface area contributed by atoms with Crippen molar-refractivity contribution in [3.05, 3.63) is 28.8 Å². The van der Waals surface area contributed by atoms with E-state index in [9.17, 15) is 0 Å². The van der Waals surface area contributed by atoms with Gasteiger partial charge in [-0.15, -0.1) is 0 Å². The lowest BCUT2D eigenvalue weighted by Gasteiger charge is -2.59. The Morgan fingerprint density at radius 3 is 2.95 bits per heavy atom. The average molecular weight is 284 g/mol. The van der Waals surface area contributed by atoms with Crippen LogP contribution in [0.4, 0.5) is 0 Å². The van der Waals surface area contributed by atoms with Crippen LogP contribution in [-0.4, -0.2) is 37.3 Å². The molecule has 2 fully saturated rings. The van der Waals surface area contributed by atoms with E-state index < -0.39 is 0 Å². The highest BCUT2D eigenvalue weighted by Crippen LogP contribution is 2.63. The van der Waals surface area contributed by atoms with Crippen molar-refractivity contribution in [2.45, 2.75) is 56.6 Å². The summed E-state index contributed by atoms with van der Waals surface area (Å²) in [6.45, 7) is 3.54. The Hall–Kier alpha value is -1.02. The molecule has 1 aromatic rings. The highest BCUT2D eigenvalue weighted by Gasteiger charge is 2.66. The third-order valence-corrected chi connectivity index (χ3v) is 7.28. The standard InChI is InChI=1S/C19H26NO/c1-12-7-8-13-11-15-14-5-4-6-16-19(14,9-10-20(15,2)3)17(13)18(12)21-16/h7-8,14-16H,4-6,9-11H2,1-3H3/q+1/t14?,15?,16?,19-/m1/s1. The lowest BCUT2D eigenvalue weighted by Crippen LogP contribution is -2.69. The Bertz CT molecular complexity index is 635. The minimum atomic E-state index is 0.367. The summed E-state index contributed by atoms with van der Waals surface area (Å²) in [6.07, 6.45) is 7.10. The largest absolute Gasteiger partial charge is 0.489 e. The lowest BCUT2D eigenvalue weighted by molar-refractivity contribution is -0.927. The number of benzene rings is 1. The van der Waals surface area contributed by atoms with E-state index in [0.717, 1.165) is 12.0 Å². The Morgan fingerprint density at radius 1 is 1.24 bits per heavy atom. The molecule has 2 heterocycles. The van der Waals surface area contributed by atoms with Gasteiger partial charge in [0.15, 0.2) is 0 Å². The molecule has 4 atom stereocenters. The van der Waals surface area contributed by atoms with Gasteiger partial charge in [0.1, 0.15) is 11.9 Å². The van der Waals surface area contributed by atoms with Crippen LogP contribution in [0.1, 0.15) is 42.4 Å². The van der Waals surface area contributed by atoms with Crippen LogP contribution in [0.15, 0.2) is 12.1 Å². The monoisotopic (exact) mass is 284 g/mol. The predicted octanol–water partition coefficient (Wildman–Crippen LogP) is 3.20. The molecular weight excluding hydrogens is 258 g/mol. The van der Waals surface area contributed by atoms with E-state index in [0.29, 0.717) is 11.5 Å². The zero-order valence-corrected chi connectivity index (χ0v) is 13.5. The lowest BCUT2D eigenvalue weighted by atomic mass is 9.51. The van der Waals surface area contributed by atoms with E-state index in [4.69, 9.17) is 4.74 Å². The van der Waals surface area contributed by atoms with Crippen LogP contribution in [0.5, 0.6) is 5.75 Å². The van der Waals surface area contributed by atoms with Gasteiger partial charge in [-0.1, -0.05) is 12.1 Å². The van der Waals surface area contributed by atoms with Gasteiger partial charge < -0.3 is 9.22 Å². The third-order valence-electron chi connectivity index (χ3n) is 7.28. The second-order valence-electron chi connectivity index (χ2n) is 8.45. The fourth-order valence-electron chi connectivity index (χ4n) is 6.24. The maximum Gasteiger partial charge on any atom is 0.126 e. The van der Waals surface area contributed by atoms with Crippen molar-refractivity contribution in [1.82, 2.24) is 0 Å². The Balaban J connectivity index is 1.81. The van der Waals surface area contributed by atoms with Crippen molar-refractivity contribution in [2.24, 2.45) is 5.92 Å². The molecule has 0 N–H and O–H groups in total. The first-order chi connectivity index (χ1) is 10.0. The Labute approximate surface area is 127 Å². The number of nitrogens with zero attached hydrogens (tertiary/aromatic N) is 1.